The molecule has 10 heteroatoms. The Kier molecular flexibility index (Phi) is 5.63. The van der Waals surface area contributed by atoms with Crippen LogP contribution in [-0.4, -0.2) is 26.6 Å². The van der Waals surface area contributed by atoms with Gasteiger partial charge in [0.15, 0.2) is 11.5 Å². The lowest BCUT2D eigenvalue weighted by molar-refractivity contribution is -0.0500. The van der Waals surface area contributed by atoms with Crippen molar-refractivity contribution in [3.63, 3.8) is 0 Å². The second kappa shape index (κ2) is 7.97. The number of anilines is 1. The van der Waals surface area contributed by atoms with Crippen LogP contribution in [0.25, 0.3) is 16.7 Å². The Labute approximate surface area is 196 Å². The summed E-state index contributed by atoms with van der Waals surface area (Å²) in [7, 11) is -4.67. The minimum Gasteiger partial charge on any atom is -0.492 e. The van der Waals surface area contributed by atoms with Crippen molar-refractivity contribution in [1.29, 1.82) is 0 Å². The molecule has 0 radical (unpaired) electrons. The fourth-order valence-electron chi connectivity index (χ4n) is 4.56. The standard InChI is InChI=1S/C24H24F3NO5S/c1-6-7-16-20-14(8-9-15-19(20)13(2)12-23(3,4)28-15)21-17(32-16)10-11-18(22(21)31-5)33-34(29,30)24(25,26)27/h6,8-12,16,28H,1,7H2,2-5H3. The van der Waals surface area contributed by atoms with E-state index in [-0.39, 0.29) is 11.3 Å². The molecule has 2 heterocycles. The number of allylic oxidation sites excluding steroid dienone is 1. The molecule has 0 amide bonds. The number of fused-ring (bicyclic) bond motifs is 5. The summed E-state index contributed by atoms with van der Waals surface area (Å²) in [5.74, 6) is -0.424. The molecule has 0 bridgehead atoms. The van der Waals surface area contributed by atoms with Gasteiger partial charge in [0, 0.05) is 23.2 Å². The van der Waals surface area contributed by atoms with Crippen LogP contribution in [0.2, 0.25) is 0 Å². The second-order valence-corrected chi connectivity index (χ2v) is 10.2. The lowest BCUT2D eigenvalue weighted by atomic mass is 9.81. The van der Waals surface area contributed by atoms with E-state index in [0.717, 1.165) is 28.5 Å². The van der Waals surface area contributed by atoms with Gasteiger partial charge in [0.1, 0.15) is 11.9 Å². The van der Waals surface area contributed by atoms with Gasteiger partial charge >= 0.3 is 15.6 Å². The summed E-state index contributed by atoms with van der Waals surface area (Å²) in [6.07, 6.45) is 3.87. The number of halogens is 3. The summed E-state index contributed by atoms with van der Waals surface area (Å²) >= 11 is 0. The third kappa shape index (κ3) is 3.89. The zero-order valence-electron chi connectivity index (χ0n) is 19.0. The second-order valence-electron chi connectivity index (χ2n) is 8.71. The molecule has 0 saturated heterocycles. The van der Waals surface area contributed by atoms with Crippen LogP contribution in [0.5, 0.6) is 17.2 Å². The van der Waals surface area contributed by atoms with E-state index >= 15 is 0 Å². The predicted octanol–water partition coefficient (Wildman–Crippen LogP) is 6.21. The molecule has 0 saturated carbocycles. The molecule has 2 aliphatic heterocycles. The Balaban J connectivity index is 1.97. The Morgan fingerprint density at radius 1 is 1.21 bits per heavy atom. The summed E-state index contributed by atoms with van der Waals surface area (Å²) in [5, 5.41) is 3.47. The average molecular weight is 496 g/mol. The van der Waals surface area contributed by atoms with Crippen LogP contribution in [-0.2, 0) is 10.1 Å². The van der Waals surface area contributed by atoms with Gasteiger partial charge in [-0.15, -0.1) is 6.58 Å². The van der Waals surface area contributed by atoms with Gasteiger partial charge < -0.3 is 19.0 Å². The Morgan fingerprint density at radius 2 is 1.91 bits per heavy atom. The molecule has 2 aliphatic rings. The Bertz CT molecular complexity index is 1310. The van der Waals surface area contributed by atoms with E-state index in [4.69, 9.17) is 9.47 Å². The molecular formula is C24H24F3NO5S. The summed E-state index contributed by atoms with van der Waals surface area (Å²) in [4.78, 5) is 0. The molecular weight excluding hydrogens is 471 g/mol. The number of rotatable bonds is 5. The minimum atomic E-state index is -5.90. The zero-order chi connectivity index (χ0) is 25.1. The molecule has 0 aromatic heterocycles. The van der Waals surface area contributed by atoms with Crippen molar-refractivity contribution in [2.45, 2.75) is 44.3 Å². The number of ether oxygens (including phenoxy) is 2. The normalized spacial score (nSPS) is 18.3. The number of benzene rings is 2. The van der Waals surface area contributed by atoms with Crippen molar-refractivity contribution in [3.05, 3.63) is 54.1 Å². The SMILES string of the molecule is C=CCC1Oc2ccc(OS(=O)(=O)C(F)(F)F)c(OC)c2-c2ccc3c(c21)C(C)=CC(C)(C)N3. The predicted molar refractivity (Wildman–Crippen MR) is 124 cm³/mol. The Hall–Kier alpha value is -3.14. The zero-order valence-corrected chi connectivity index (χ0v) is 19.9. The van der Waals surface area contributed by atoms with Crippen LogP contribution in [0.3, 0.4) is 0 Å². The highest BCUT2D eigenvalue weighted by Gasteiger charge is 2.49. The van der Waals surface area contributed by atoms with Crippen molar-refractivity contribution in [1.82, 2.24) is 0 Å². The number of nitrogens with one attached hydrogen (secondary N) is 1. The van der Waals surface area contributed by atoms with E-state index in [1.165, 1.54) is 13.2 Å². The van der Waals surface area contributed by atoms with Crippen LogP contribution in [0.4, 0.5) is 18.9 Å². The fraction of sp³-hybridized carbons (Fsp3) is 0.333. The smallest absolute Gasteiger partial charge is 0.492 e. The van der Waals surface area contributed by atoms with Crippen LogP contribution in [0.15, 0.2) is 43.0 Å². The fourth-order valence-corrected chi connectivity index (χ4v) is 5.02. The molecule has 2 aromatic carbocycles. The number of methoxy groups -OCH3 is 1. The molecule has 4 rings (SSSR count). The van der Waals surface area contributed by atoms with Gasteiger partial charge in [0.25, 0.3) is 0 Å². The van der Waals surface area contributed by atoms with Crippen LogP contribution >= 0.6 is 0 Å². The van der Waals surface area contributed by atoms with Crippen molar-refractivity contribution in [2.24, 2.45) is 0 Å². The first-order valence-corrected chi connectivity index (χ1v) is 11.8. The van der Waals surface area contributed by atoms with Gasteiger partial charge in [-0.3, -0.25) is 0 Å². The summed E-state index contributed by atoms with van der Waals surface area (Å²) in [6.45, 7) is 9.88. The first-order chi connectivity index (χ1) is 15.8. The van der Waals surface area contributed by atoms with Crippen molar-refractivity contribution < 1.29 is 35.2 Å². The third-order valence-electron chi connectivity index (χ3n) is 5.69. The lowest BCUT2D eigenvalue weighted by Gasteiger charge is -2.37. The maximum Gasteiger partial charge on any atom is 0.534 e. The highest BCUT2D eigenvalue weighted by molar-refractivity contribution is 7.88. The van der Waals surface area contributed by atoms with Crippen LogP contribution in [0, 0.1) is 0 Å². The van der Waals surface area contributed by atoms with E-state index in [9.17, 15) is 21.6 Å². The largest absolute Gasteiger partial charge is 0.534 e. The molecule has 2 aromatic rings. The summed E-state index contributed by atoms with van der Waals surface area (Å²) in [5.41, 5.74) is -1.31. The molecule has 0 aliphatic carbocycles. The molecule has 0 fully saturated rings. The molecule has 1 N–H and O–H groups in total. The quantitative estimate of drug-likeness (QED) is 0.302. The van der Waals surface area contributed by atoms with Gasteiger partial charge in [0.2, 0.25) is 0 Å². The van der Waals surface area contributed by atoms with Gasteiger partial charge in [-0.05, 0) is 50.1 Å². The molecule has 34 heavy (non-hydrogen) atoms. The van der Waals surface area contributed by atoms with Crippen molar-refractivity contribution >= 4 is 21.4 Å². The van der Waals surface area contributed by atoms with Gasteiger partial charge in [-0.2, -0.15) is 21.6 Å². The Morgan fingerprint density at radius 3 is 2.53 bits per heavy atom. The average Bonchev–Trinajstić information content (AvgIpc) is 2.71. The molecule has 1 atom stereocenters. The van der Waals surface area contributed by atoms with Gasteiger partial charge in [0.05, 0.1) is 18.2 Å². The van der Waals surface area contributed by atoms with Gasteiger partial charge in [-0.1, -0.05) is 18.2 Å². The first-order valence-electron chi connectivity index (χ1n) is 10.4. The van der Waals surface area contributed by atoms with Crippen molar-refractivity contribution in [3.8, 4) is 28.4 Å². The van der Waals surface area contributed by atoms with E-state index in [0.29, 0.717) is 23.3 Å². The third-order valence-corrected chi connectivity index (χ3v) is 6.65. The van der Waals surface area contributed by atoms with E-state index in [1.54, 1.807) is 6.08 Å². The number of hydrogen-bond acceptors (Lipinski definition) is 6. The van der Waals surface area contributed by atoms with Crippen LogP contribution < -0.4 is 19.0 Å². The van der Waals surface area contributed by atoms with Crippen molar-refractivity contribution in [2.75, 3.05) is 12.4 Å². The van der Waals surface area contributed by atoms with E-state index in [2.05, 4.69) is 22.2 Å². The maximum absolute atomic E-state index is 13.0. The highest BCUT2D eigenvalue weighted by atomic mass is 32.2. The molecule has 6 nitrogen and oxygen atoms in total. The maximum atomic E-state index is 13.0. The van der Waals surface area contributed by atoms with Gasteiger partial charge in [-0.25, -0.2) is 0 Å². The molecule has 1 unspecified atom stereocenters. The minimum absolute atomic E-state index is 0.172. The summed E-state index contributed by atoms with van der Waals surface area (Å²) < 4.78 is 78.3. The lowest BCUT2D eigenvalue weighted by Crippen LogP contribution is -2.32. The topological polar surface area (TPSA) is 73.9 Å². The van der Waals surface area contributed by atoms with Crippen LogP contribution in [0.1, 0.15) is 44.4 Å². The molecule has 182 valence electrons. The summed E-state index contributed by atoms with van der Waals surface area (Å²) in [6, 6.07) is 6.16. The monoisotopic (exact) mass is 495 g/mol. The number of hydrogen-bond donors (Lipinski definition) is 1. The number of alkyl halides is 3. The first kappa shape index (κ1) is 24.0. The van der Waals surface area contributed by atoms with E-state index < -0.39 is 27.5 Å². The molecule has 0 spiro atoms. The van der Waals surface area contributed by atoms with E-state index in [1.807, 2.05) is 32.9 Å². The highest BCUT2D eigenvalue weighted by Crippen LogP contribution is 2.55.